The van der Waals surface area contributed by atoms with Crippen LogP contribution in [0.25, 0.3) is 0 Å². The molecule has 0 aliphatic heterocycles. The molecule has 22 heavy (non-hydrogen) atoms. The van der Waals surface area contributed by atoms with Crippen LogP contribution in [0.1, 0.15) is 19.4 Å². The fourth-order valence-electron chi connectivity index (χ4n) is 1.94. The Kier molecular flexibility index (Phi) is 5.82. The van der Waals surface area contributed by atoms with Gasteiger partial charge in [-0.3, -0.25) is 0 Å². The Morgan fingerprint density at radius 1 is 1.27 bits per heavy atom. The molecule has 2 aromatic rings. The maximum Gasteiger partial charge on any atom is 0.315 e. The molecule has 0 aromatic carbocycles. The van der Waals surface area contributed by atoms with Crippen molar-refractivity contribution in [2.24, 2.45) is 0 Å². The number of rotatable bonds is 7. The number of aromatic nitrogens is 2. The Hall–Kier alpha value is -2.50. The Labute approximate surface area is 130 Å². The van der Waals surface area contributed by atoms with Crippen LogP contribution < -0.4 is 15.4 Å². The fraction of sp³-hybridized carbons (Fsp3) is 0.375. The van der Waals surface area contributed by atoms with Gasteiger partial charge in [-0.15, -0.1) is 0 Å². The van der Waals surface area contributed by atoms with Crippen LogP contribution >= 0.6 is 0 Å². The third-order valence-corrected chi connectivity index (χ3v) is 2.96. The van der Waals surface area contributed by atoms with E-state index in [9.17, 15) is 4.79 Å². The minimum absolute atomic E-state index is 0.0454. The van der Waals surface area contributed by atoms with Gasteiger partial charge >= 0.3 is 6.03 Å². The van der Waals surface area contributed by atoms with E-state index in [0.29, 0.717) is 19.0 Å². The first-order chi connectivity index (χ1) is 10.6. The second kappa shape index (κ2) is 8.07. The highest BCUT2D eigenvalue weighted by Gasteiger charge is 2.08. The molecule has 0 aliphatic carbocycles. The molecule has 2 aromatic heterocycles. The van der Waals surface area contributed by atoms with E-state index in [0.717, 1.165) is 12.1 Å². The summed E-state index contributed by atoms with van der Waals surface area (Å²) >= 11 is 0. The molecule has 118 valence electrons. The van der Waals surface area contributed by atoms with Gasteiger partial charge in [0.1, 0.15) is 0 Å². The summed E-state index contributed by atoms with van der Waals surface area (Å²) in [7, 11) is 0. The number of carbonyl (C=O) groups is 1. The van der Waals surface area contributed by atoms with Gasteiger partial charge in [0.2, 0.25) is 5.88 Å². The lowest BCUT2D eigenvalue weighted by molar-refractivity contribution is 0.228. The number of nitrogens with one attached hydrogen (secondary N) is 2. The number of hydrogen-bond donors (Lipinski definition) is 2. The van der Waals surface area contributed by atoms with E-state index in [1.165, 1.54) is 0 Å². The summed E-state index contributed by atoms with van der Waals surface area (Å²) in [6, 6.07) is 7.43. The van der Waals surface area contributed by atoms with Crippen LogP contribution in [0.4, 0.5) is 4.79 Å². The predicted molar refractivity (Wildman–Crippen MR) is 84.7 cm³/mol. The molecule has 0 aliphatic rings. The third kappa shape index (κ3) is 5.12. The molecule has 2 rings (SSSR count). The molecular formula is C16H22N4O2. The maximum atomic E-state index is 11.8. The molecule has 2 N–H and O–H groups in total. The molecule has 0 atom stereocenters. The van der Waals surface area contributed by atoms with Gasteiger partial charge in [-0.25, -0.2) is 9.78 Å². The second-order valence-electron chi connectivity index (χ2n) is 5.16. The molecule has 0 saturated heterocycles. The molecule has 2 heterocycles. The van der Waals surface area contributed by atoms with Crippen LogP contribution in [0.5, 0.6) is 5.88 Å². The van der Waals surface area contributed by atoms with Crippen LogP contribution in [0.15, 0.2) is 42.9 Å². The third-order valence-electron chi connectivity index (χ3n) is 2.96. The average molecular weight is 302 g/mol. The van der Waals surface area contributed by atoms with Crippen LogP contribution in [0.2, 0.25) is 0 Å². The number of urea groups is 1. The highest BCUT2D eigenvalue weighted by atomic mass is 16.5. The zero-order valence-electron chi connectivity index (χ0n) is 13.0. The van der Waals surface area contributed by atoms with Gasteiger partial charge < -0.3 is 19.9 Å². The highest BCUT2D eigenvalue weighted by molar-refractivity contribution is 5.73. The van der Waals surface area contributed by atoms with E-state index in [1.54, 1.807) is 6.20 Å². The summed E-state index contributed by atoms with van der Waals surface area (Å²) in [6.07, 6.45) is 5.65. The Bertz CT molecular complexity index is 582. The first-order valence-electron chi connectivity index (χ1n) is 7.38. The first kappa shape index (κ1) is 15.9. The minimum Gasteiger partial charge on any atom is -0.475 e. The lowest BCUT2D eigenvalue weighted by Crippen LogP contribution is -2.36. The van der Waals surface area contributed by atoms with Crippen LogP contribution in [0.3, 0.4) is 0 Å². The van der Waals surface area contributed by atoms with Gasteiger partial charge in [-0.05, 0) is 32.0 Å². The van der Waals surface area contributed by atoms with Gasteiger partial charge in [0.25, 0.3) is 0 Å². The van der Waals surface area contributed by atoms with Crippen LogP contribution in [0, 0.1) is 0 Å². The number of nitrogens with zero attached hydrogens (tertiary/aromatic N) is 2. The predicted octanol–water partition coefficient (Wildman–Crippen LogP) is 2.17. The average Bonchev–Trinajstić information content (AvgIpc) is 2.99. The lowest BCUT2D eigenvalue weighted by atomic mass is 10.2. The monoisotopic (exact) mass is 302 g/mol. The number of hydrogen-bond acceptors (Lipinski definition) is 3. The van der Waals surface area contributed by atoms with Gasteiger partial charge in [0, 0.05) is 43.8 Å². The Morgan fingerprint density at radius 2 is 2.05 bits per heavy atom. The number of amides is 2. The van der Waals surface area contributed by atoms with Crippen molar-refractivity contribution in [2.45, 2.75) is 33.0 Å². The van der Waals surface area contributed by atoms with E-state index in [1.807, 2.05) is 55.1 Å². The highest BCUT2D eigenvalue weighted by Crippen LogP contribution is 2.15. The van der Waals surface area contributed by atoms with Crippen molar-refractivity contribution in [3.63, 3.8) is 0 Å². The molecule has 2 amide bonds. The van der Waals surface area contributed by atoms with Crippen molar-refractivity contribution in [2.75, 3.05) is 6.54 Å². The summed E-state index contributed by atoms with van der Waals surface area (Å²) in [5.74, 6) is 0.560. The van der Waals surface area contributed by atoms with Crippen molar-refractivity contribution in [1.29, 1.82) is 0 Å². The van der Waals surface area contributed by atoms with E-state index < -0.39 is 0 Å². The van der Waals surface area contributed by atoms with Gasteiger partial charge in [0.05, 0.1) is 6.10 Å². The molecule has 6 nitrogen and oxygen atoms in total. The van der Waals surface area contributed by atoms with Crippen molar-refractivity contribution in [3.8, 4) is 5.88 Å². The summed E-state index contributed by atoms with van der Waals surface area (Å²) in [5.41, 5.74) is 0.858. The van der Waals surface area contributed by atoms with Gasteiger partial charge in [-0.1, -0.05) is 6.07 Å². The summed E-state index contributed by atoms with van der Waals surface area (Å²) < 4.78 is 7.63. The van der Waals surface area contributed by atoms with E-state index in [2.05, 4.69) is 15.6 Å². The first-order valence-corrected chi connectivity index (χ1v) is 7.38. The normalized spacial score (nSPS) is 10.5. The van der Waals surface area contributed by atoms with Gasteiger partial charge in [-0.2, -0.15) is 0 Å². The quantitative estimate of drug-likeness (QED) is 0.823. The SMILES string of the molecule is CC(C)Oc1ncccc1CNC(=O)NCCn1cccc1. The standard InChI is InChI=1S/C16H22N4O2/c1-13(2)22-15-14(6-5-7-17-15)12-19-16(21)18-8-11-20-9-3-4-10-20/h3-7,9-10,13H,8,11-12H2,1-2H3,(H2,18,19,21). The molecular weight excluding hydrogens is 280 g/mol. The molecule has 6 heteroatoms. The van der Waals surface area contributed by atoms with Crippen molar-refractivity contribution in [3.05, 3.63) is 48.4 Å². The molecule has 0 saturated carbocycles. The molecule has 0 spiro atoms. The maximum absolute atomic E-state index is 11.8. The zero-order valence-corrected chi connectivity index (χ0v) is 13.0. The van der Waals surface area contributed by atoms with E-state index in [-0.39, 0.29) is 12.1 Å². The second-order valence-corrected chi connectivity index (χ2v) is 5.16. The number of pyridine rings is 1. The van der Waals surface area contributed by atoms with Crippen molar-refractivity contribution < 1.29 is 9.53 Å². The molecule has 0 unspecified atom stereocenters. The van der Waals surface area contributed by atoms with Crippen LogP contribution in [-0.2, 0) is 13.1 Å². The zero-order chi connectivity index (χ0) is 15.8. The fourth-order valence-corrected chi connectivity index (χ4v) is 1.94. The summed E-state index contributed by atoms with van der Waals surface area (Å²) in [4.78, 5) is 16.0. The minimum atomic E-state index is -0.202. The Balaban J connectivity index is 1.76. The Morgan fingerprint density at radius 3 is 2.77 bits per heavy atom. The molecule has 0 fully saturated rings. The number of ether oxygens (including phenoxy) is 1. The summed E-state index contributed by atoms with van der Waals surface area (Å²) in [6.45, 7) is 5.59. The van der Waals surface area contributed by atoms with Gasteiger partial charge in [0.15, 0.2) is 0 Å². The van der Waals surface area contributed by atoms with Crippen molar-refractivity contribution >= 4 is 6.03 Å². The van der Waals surface area contributed by atoms with Crippen LogP contribution in [-0.4, -0.2) is 28.2 Å². The summed E-state index contributed by atoms with van der Waals surface area (Å²) in [5, 5.41) is 5.63. The smallest absolute Gasteiger partial charge is 0.315 e. The molecule has 0 radical (unpaired) electrons. The molecule has 0 bridgehead atoms. The largest absolute Gasteiger partial charge is 0.475 e. The van der Waals surface area contributed by atoms with Crippen molar-refractivity contribution in [1.82, 2.24) is 20.2 Å². The lowest BCUT2D eigenvalue weighted by Gasteiger charge is -2.13. The number of carbonyl (C=O) groups excluding carboxylic acids is 1. The topological polar surface area (TPSA) is 68.2 Å². The van der Waals surface area contributed by atoms with E-state index >= 15 is 0 Å². The van der Waals surface area contributed by atoms with E-state index in [4.69, 9.17) is 4.74 Å².